The number of ether oxygens (including phenoxy) is 1. The summed E-state index contributed by atoms with van der Waals surface area (Å²) in [6, 6.07) is 16.0. The zero-order valence-corrected chi connectivity index (χ0v) is 21.1. The number of rotatable bonds is 5. The van der Waals surface area contributed by atoms with Gasteiger partial charge in [-0.05, 0) is 43.3 Å². The van der Waals surface area contributed by atoms with Crippen molar-refractivity contribution >= 4 is 43.6 Å². The number of piperazine rings is 1. The van der Waals surface area contributed by atoms with Crippen molar-refractivity contribution in [3.05, 3.63) is 58.8 Å². The standard InChI is InChI=1S/C24H28BrN5O2S/c1-18(28-10-12-30(13-11-28)33(31)20-8-6-19(25)7-9-20)23-26-22-5-3-2-4-21(22)24(27-23)29-14-16-32-17-15-29/h2-9,18H,10-17H2,1H3. The number of benzene rings is 2. The number of fused-ring (bicyclic) bond motifs is 1. The predicted octanol–water partition coefficient (Wildman–Crippen LogP) is 3.63. The van der Waals surface area contributed by atoms with E-state index in [1.165, 1.54) is 0 Å². The molecule has 1 aromatic heterocycles. The van der Waals surface area contributed by atoms with Gasteiger partial charge in [0.15, 0.2) is 0 Å². The molecule has 5 rings (SSSR count). The van der Waals surface area contributed by atoms with Crippen LogP contribution in [0.4, 0.5) is 5.82 Å². The largest absolute Gasteiger partial charge is 0.378 e. The van der Waals surface area contributed by atoms with Gasteiger partial charge in [-0.3, -0.25) is 4.90 Å². The summed E-state index contributed by atoms with van der Waals surface area (Å²) in [5, 5.41) is 1.09. The van der Waals surface area contributed by atoms with E-state index in [4.69, 9.17) is 14.7 Å². The molecule has 9 heteroatoms. The van der Waals surface area contributed by atoms with Crippen molar-refractivity contribution in [2.45, 2.75) is 17.9 Å². The molecule has 0 aliphatic carbocycles. The van der Waals surface area contributed by atoms with Gasteiger partial charge in [0, 0.05) is 49.1 Å². The van der Waals surface area contributed by atoms with Gasteiger partial charge in [0.1, 0.15) is 22.6 Å². The fraction of sp³-hybridized carbons (Fsp3) is 0.417. The molecule has 3 heterocycles. The zero-order valence-electron chi connectivity index (χ0n) is 18.7. The Labute approximate surface area is 205 Å². The number of anilines is 1. The molecule has 0 amide bonds. The first kappa shape index (κ1) is 22.9. The SMILES string of the molecule is CC(c1nc(N2CCOCC2)c2ccccc2n1)N1CCN(S(=O)c2ccc(Br)cc2)CC1. The molecule has 0 saturated carbocycles. The summed E-state index contributed by atoms with van der Waals surface area (Å²) < 4.78 is 21.6. The van der Waals surface area contributed by atoms with Gasteiger partial charge in [0.2, 0.25) is 0 Å². The van der Waals surface area contributed by atoms with Crippen molar-refractivity contribution in [3.8, 4) is 0 Å². The highest BCUT2D eigenvalue weighted by atomic mass is 79.9. The van der Waals surface area contributed by atoms with Gasteiger partial charge in [-0.1, -0.05) is 28.1 Å². The topological polar surface area (TPSA) is 61.8 Å². The maximum atomic E-state index is 13.0. The molecule has 2 aromatic carbocycles. The van der Waals surface area contributed by atoms with Crippen molar-refractivity contribution in [1.82, 2.24) is 19.2 Å². The Morgan fingerprint density at radius 1 is 0.939 bits per heavy atom. The summed E-state index contributed by atoms with van der Waals surface area (Å²) in [5.41, 5.74) is 0.978. The zero-order chi connectivity index (χ0) is 22.8. The molecule has 174 valence electrons. The second-order valence-electron chi connectivity index (χ2n) is 8.37. The second kappa shape index (κ2) is 10.1. The number of halogens is 1. The fourth-order valence-electron chi connectivity index (χ4n) is 4.40. The Morgan fingerprint density at radius 3 is 2.36 bits per heavy atom. The summed E-state index contributed by atoms with van der Waals surface area (Å²) in [5.74, 6) is 1.85. The van der Waals surface area contributed by atoms with Crippen LogP contribution in [0.5, 0.6) is 0 Å². The average Bonchev–Trinajstić information content (AvgIpc) is 2.88. The Bertz CT molecular complexity index is 1130. The molecule has 0 radical (unpaired) electrons. The number of morpholine rings is 1. The van der Waals surface area contributed by atoms with E-state index < -0.39 is 11.0 Å². The van der Waals surface area contributed by atoms with Crippen molar-refractivity contribution < 1.29 is 8.95 Å². The Hall–Kier alpha value is -1.91. The van der Waals surface area contributed by atoms with E-state index in [-0.39, 0.29) is 6.04 Å². The van der Waals surface area contributed by atoms with Crippen LogP contribution in [0.25, 0.3) is 10.9 Å². The summed E-state index contributed by atoms with van der Waals surface area (Å²) in [6.07, 6.45) is 0. The molecule has 2 unspecified atom stereocenters. The van der Waals surface area contributed by atoms with Crippen LogP contribution in [0.15, 0.2) is 57.9 Å². The lowest BCUT2D eigenvalue weighted by Gasteiger charge is -2.37. The average molecular weight is 530 g/mol. The highest BCUT2D eigenvalue weighted by Gasteiger charge is 2.28. The van der Waals surface area contributed by atoms with Crippen LogP contribution in [0.2, 0.25) is 0 Å². The number of para-hydroxylation sites is 1. The molecule has 2 aliphatic heterocycles. The monoisotopic (exact) mass is 529 g/mol. The highest BCUT2D eigenvalue weighted by molar-refractivity contribution is 9.10. The van der Waals surface area contributed by atoms with Gasteiger partial charge in [-0.2, -0.15) is 0 Å². The molecule has 7 nitrogen and oxygen atoms in total. The van der Waals surface area contributed by atoms with Gasteiger partial charge in [-0.15, -0.1) is 0 Å². The molecule has 33 heavy (non-hydrogen) atoms. The Morgan fingerprint density at radius 2 is 1.64 bits per heavy atom. The van der Waals surface area contributed by atoms with E-state index in [0.717, 1.165) is 84.4 Å². The predicted molar refractivity (Wildman–Crippen MR) is 135 cm³/mol. The molecule has 0 N–H and O–H groups in total. The second-order valence-corrected chi connectivity index (χ2v) is 10.8. The van der Waals surface area contributed by atoms with E-state index in [2.05, 4.69) is 44.8 Å². The number of aromatic nitrogens is 2. The third-order valence-electron chi connectivity index (χ3n) is 6.36. The molecule has 3 aromatic rings. The van der Waals surface area contributed by atoms with Gasteiger partial charge in [0.25, 0.3) is 0 Å². The van der Waals surface area contributed by atoms with E-state index >= 15 is 0 Å². The normalized spacial score (nSPS) is 20.1. The minimum Gasteiger partial charge on any atom is -0.378 e. The number of nitrogens with zero attached hydrogens (tertiary/aromatic N) is 5. The molecule has 0 bridgehead atoms. The molecule has 2 fully saturated rings. The van der Waals surface area contributed by atoms with Crippen LogP contribution in [0.1, 0.15) is 18.8 Å². The quantitative estimate of drug-likeness (QED) is 0.502. The smallest absolute Gasteiger partial charge is 0.148 e. The summed E-state index contributed by atoms with van der Waals surface area (Å²) >= 11 is 3.44. The van der Waals surface area contributed by atoms with Crippen molar-refractivity contribution in [2.24, 2.45) is 0 Å². The van der Waals surface area contributed by atoms with E-state index in [9.17, 15) is 4.21 Å². The van der Waals surface area contributed by atoms with Gasteiger partial charge in [0.05, 0.1) is 29.7 Å². The van der Waals surface area contributed by atoms with E-state index in [1.54, 1.807) is 0 Å². The fourth-order valence-corrected chi connectivity index (χ4v) is 5.83. The van der Waals surface area contributed by atoms with E-state index in [1.807, 2.05) is 40.7 Å². The van der Waals surface area contributed by atoms with Crippen LogP contribution in [0.3, 0.4) is 0 Å². The third kappa shape index (κ3) is 4.97. The van der Waals surface area contributed by atoms with Gasteiger partial charge >= 0.3 is 0 Å². The number of hydrogen-bond acceptors (Lipinski definition) is 6. The Balaban J connectivity index is 1.32. The lowest BCUT2D eigenvalue weighted by atomic mass is 10.1. The van der Waals surface area contributed by atoms with Crippen molar-refractivity contribution in [1.29, 1.82) is 0 Å². The maximum Gasteiger partial charge on any atom is 0.148 e. The highest BCUT2D eigenvalue weighted by Crippen LogP contribution is 2.29. The van der Waals surface area contributed by atoms with Crippen molar-refractivity contribution in [2.75, 3.05) is 57.4 Å². The Kier molecular flexibility index (Phi) is 7.03. The third-order valence-corrected chi connectivity index (χ3v) is 8.39. The minimum absolute atomic E-state index is 0.0812. The minimum atomic E-state index is -1.14. The number of hydrogen-bond donors (Lipinski definition) is 0. The maximum absolute atomic E-state index is 13.0. The lowest BCUT2D eigenvalue weighted by molar-refractivity contribution is 0.122. The summed E-state index contributed by atoms with van der Waals surface area (Å²) in [4.78, 5) is 15.5. The van der Waals surface area contributed by atoms with Gasteiger partial charge in [-0.25, -0.2) is 18.5 Å². The van der Waals surface area contributed by atoms with Crippen LogP contribution in [0, 0.1) is 0 Å². The van der Waals surface area contributed by atoms with Crippen LogP contribution < -0.4 is 4.90 Å². The van der Waals surface area contributed by atoms with Crippen molar-refractivity contribution in [3.63, 3.8) is 0 Å². The molecular weight excluding hydrogens is 502 g/mol. The molecule has 2 saturated heterocycles. The van der Waals surface area contributed by atoms with Crippen LogP contribution in [-0.4, -0.2) is 75.9 Å². The molecule has 2 aliphatic rings. The first-order valence-electron chi connectivity index (χ1n) is 11.4. The molecule has 2 atom stereocenters. The lowest BCUT2D eigenvalue weighted by Crippen LogP contribution is -2.47. The first-order chi connectivity index (χ1) is 16.1. The van der Waals surface area contributed by atoms with Crippen LogP contribution in [-0.2, 0) is 15.7 Å². The summed E-state index contributed by atoms with van der Waals surface area (Å²) in [7, 11) is -1.14. The molecule has 0 spiro atoms. The van der Waals surface area contributed by atoms with Gasteiger partial charge < -0.3 is 9.64 Å². The first-order valence-corrected chi connectivity index (χ1v) is 13.3. The molecular formula is C24H28BrN5O2S. The van der Waals surface area contributed by atoms with E-state index in [0.29, 0.717) is 0 Å². The van der Waals surface area contributed by atoms with Crippen LogP contribution >= 0.6 is 15.9 Å². The summed E-state index contributed by atoms with van der Waals surface area (Å²) in [6.45, 7) is 8.45.